The molecule has 5 heterocycles. The number of benzene rings is 2. The van der Waals surface area contributed by atoms with E-state index in [0.29, 0.717) is 41.2 Å². The Balaban J connectivity index is 1.01. The molecule has 2 N–H and O–H groups in total. The van der Waals surface area contributed by atoms with E-state index in [-0.39, 0.29) is 41.7 Å². The summed E-state index contributed by atoms with van der Waals surface area (Å²) in [6.45, 7) is 9.97. The number of rotatable bonds is 9. The second-order valence-corrected chi connectivity index (χ2v) is 16.2. The van der Waals surface area contributed by atoms with Crippen LogP contribution in [0, 0.1) is 17.8 Å². The SMILES string of the molecule is COC(=O)N[C@H](C(=O)N1CSC[C@H]1C1=NC=C(c2ccc3c(c2)Oc2ccc(-c4cnc([C@@H]5CSCN5C(=O)[C@@H](C)C(C)C)[nH]4)cc2O3)C1)C(C)C. The molecule has 14 heteroatoms. The molecular formula is C38H44N6O6S2. The number of ether oxygens (including phenoxy) is 3. The minimum absolute atomic E-state index is 0.0470. The average Bonchev–Trinajstić information content (AvgIpc) is 3.97. The number of aliphatic imine (C=N–C) groups is 1. The molecule has 3 aromatic rings. The van der Waals surface area contributed by atoms with Crippen LogP contribution >= 0.6 is 23.5 Å². The molecule has 0 aliphatic carbocycles. The van der Waals surface area contributed by atoms with E-state index in [1.807, 2.05) is 79.4 Å². The van der Waals surface area contributed by atoms with Crippen LogP contribution < -0.4 is 14.8 Å². The number of allylic oxidation sites excluding steroid dienone is 1. The fraction of sp³-hybridized carbons (Fsp3) is 0.447. The molecule has 2 saturated heterocycles. The third kappa shape index (κ3) is 7.02. The number of carbonyl (C=O) groups is 3. The number of nitrogens with zero attached hydrogens (tertiary/aromatic N) is 4. The summed E-state index contributed by atoms with van der Waals surface area (Å²) < 4.78 is 17.4. The average molecular weight is 745 g/mol. The molecule has 0 radical (unpaired) electrons. The molecule has 52 heavy (non-hydrogen) atoms. The van der Waals surface area contributed by atoms with Gasteiger partial charge in [0.25, 0.3) is 0 Å². The second-order valence-electron chi connectivity index (χ2n) is 14.2. The number of amides is 3. The summed E-state index contributed by atoms with van der Waals surface area (Å²) in [5, 5.41) is 2.70. The molecule has 0 spiro atoms. The first kappa shape index (κ1) is 36.0. The van der Waals surface area contributed by atoms with Crippen LogP contribution in [0.25, 0.3) is 16.8 Å². The zero-order chi connectivity index (χ0) is 36.7. The van der Waals surface area contributed by atoms with Crippen molar-refractivity contribution in [1.29, 1.82) is 0 Å². The lowest BCUT2D eigenvalue weighted by molar-refractivity contribution is -0.137. The third-order valence-corrected chi connectivity index (χ3v) is 12.2. The van der Waals surface area contributed by atoms with E-state index in [0.717, 1.165) is 45.4 Å². The summed E-state index contributed by atoms with van der Waals surface area (Å²) in [4.78, 5) is 55.4. The second kappa shape index (κ2) is 14.9. The van der Waals surface area contributed by atoms with Gasteiger partial charge in [0.05, 0.1) is 42.8 Å². The van der Waals surface area contributed by atoms with Crippen molar-refractivity contribution in [3.05, 3.63) is 60.2 Å². The highest BCUT2D eigenvalue weighted by molar-refractivity contribution is 7.99. The van der Waals surface area contributed by atoms with Crippen LogP contribution in [-0.2, 0) is 14.3 Å². The number of carbonyl (C=O) groups excluding carboxylic acids is 3. The number of thioether (sulfide) groups is 2. The van der Waals surface area contributed by atoms with Gasteiger partial charge < -0.3 is 34.3 Å². The summed E-state index contributed by atoms with van der Waals surface area (Å²) in [7, 11) is 1.29. The van der Waals surface area contributed by atoms with Crippen molar-refractivity contribution in [2.24, 2.45) is 22.7 Å². The predicted octanol–water partition coefficient (Wildman–Crippen LogP) is 7.31. The number of hydrogen-bond acceptors (Lipinski definition) is 10. The molecule has 12 nitrogen and oxygen atoms in total. The molecule has 274 valence electrons. The lowest BCUT2D eigenvalue weighted by Gasteiger charge is -2.30. The van der Waals surface area contributed by atoms with Gasteiger partial charge in [-0.3, -0.25) is 14.6 Å². The Morgan fingerprint density at radius 2 is 1.50 bits per heavy atom. The summed E-state index contributed by atoms with van der Waals surface area (Å²) in [5.74, 6) is 6.11. The number of fused-ring (bicyclic) bond motifs is 2. The van der Waals surface area contributed by atoms with Gasteiger partial charge >= 0.3 is 6.09 Å². The van der Waals surface area contributed by atoms with E-state index in [1.54, 1.807) is 23.5 Å². The molecule has 4 aliphatic heterocycles. The molecular weight excluding hydrogens is 701 g/mol. The van der Waals surface area contributed by atoms with E-state index < -0.39 is 12.1 Å². The summed E-state index contributed by atoms with van der Waals surface area (Å²) in [5.41, 5.74) is 4.64. The van der Waals surface area contributed by atoms with Gasteiger partial charge in [-0.15, -0.1) is 23.5 Å². The lowest BCUT2D eigenvalue weighted by Crippen LogP contribution is -2.54. The quantitative estimate of drug-likeness (QED) is 0.181. The van der Waals surface area contributed by atoms with Crippen molar-refractivity contribution in [1.82, 2.24) is 25.1 Å². The monoisotopic (exact) mass is 744 g/mol. The summed E-state index contributed by atoms with van der Waals surface area (Å²) in [6, 6.07) is 10.7. The van der Waals surface area contributed by atoms with Gasteiger partial charge in [0, 0.05) is 41.3 Å². The van der Waals surface area contributed by atoms with Crippen LogP contribution in [0.15, 0.2) is 53.8 Å². The van der Waals surface area contributed by atoms with Crippen molar-refractivity contribution in [3.63, 3.8) is 0 Å². The lowest BCUT2D eigenvalue weighted by atomic mass is 9.96. The van der Waals surface area contributed by atoms with Gasteiger partial charge in [0.1, 0.15) is 11.9 Å². The van der Waals surface area contributed by atoms with Crippen LogP contribution in [0.2, 0.25) is 0 Å². The van der Waals surface area contributed by atoms with Crippen LogP contribution in [-0.4, -0.2) is 85.8 Å². The zero-order valence-corrected chi connectivity index (χ0v) is 31.8. The molecule has 1 aromatic heterocycles. The van der Waals surface area contributed by atoms with E-state index >= 15 is 0 Å². The van der Waals surface area contributed by atoms with Crippen molar-refractivity contribution in [3.8, 4) is 34.3 Å². The number of nitrogens with one attached hydrogen (secondary N) is 2. The fourth-order valence-corrected chi connectivity index (χ4v) is 9.05. The number of aromatic nitrogens is 2. The molecule has 4 aliphatic rings. The molecule has 2 fully saturated rings. The number of H-pyrrole nitrogens is 1. The third-order valence-electron chi connectivity index (χ3n) is 10.2. The van der Waals surface area contributed by atoms with E-state index in [2.05, 4.69) is 29.1 Å². The van der Waals surface area contributed by atoms with Gasteiger partial charge in [-0.2, -0.15) is 0 Å². The normalized spacial score (nSPS) is 20.5. The smallest absolute Gasteiger partial charge is 0.407 e. The highest BCUT2D eigenvalue weighted by atomic mass is 32.2. The van der Waals surface area contributed by atoms with Crippen molar-refractivity contribution >= 4 is 52.7 Å². The standard InChI is InChI=1S/C38H44N6O6S2/c1-20(2)22(5)36(45)44-19-52-17-29(44)35-40-15-27(41-35)24-8-10-31-33(13-24)50-30-9-7-23(12-32(30)49-31)25-11-26(39-14-25)28-16-51-18-43(28)37(46)34(21(3)4)42-38(47)48-6/h7-10,12-15,20-22,28-29,34H,11,16-19H2,1-6H3,(H,40,41)(H,42,47)/t22-,28-,29-,34-/m0/s1. The molecule has 2 aromatic carbocycles. The highest BCUT2D eigenvalue weighted by Gasteiger charge is 2.39. The van der Waals surface area contributed by atoms with Gasteiger partial charge in [0.2, 0.25) is 11.8 Å². The van der Waals surface area contributed by atoms with Gasteiger partial charge in [-0.1, -0.05) is 40.7 Å². The predicted molar refractivity (Wildman–Crippen MR) is 204 cm³/mol. The van der Waals surface area contributed by atoms with Crippen molar-refractivity contribution in [2.45, 2.75) is 59.2 Å². The van der Waals surface area contributed by atoms with Crippen LogP contribution in [0.4, 0.5) is 4.79 Å². The highest BCUT2D eigenvalue weighted by Crippen LogP contribution is 2.48. The topological polar surface area (TPSA) is 138 Å². The molecule has 3 amide bonds. The first-order valence-corrected chi connectivity index (χ1v) is 19.9. The van der Waals surface area contributed by atoms with Crippen LogP contribution in [0.3, 0.4) is 0 Å². The first-order valence-electron chi connectivity index (χ1n) is 17.6. The number of alkyl carbamates (subject to hydrolysis) is 1. The van der Waals surface area contributed by atoms with E-state index in [9.17, 15) is 14.4 Å². The largest absolute Gasteiger partial charge is 0.453 e. The van der Waals surface area contributed by atoms with Gasteiger partial charge in [-0.05, 0) is 53.3 Å². The number of aromatic amines is 1. The Labute approximate surface area is 312 Å². The Kier molecular flexibility index (Phi) is 10.3. The summed E-state index contributed by atoms with van der Waals surface area (Å²) >= 11 is 3.43. The van der Waals surface area contributed by atoms with Crippen LogP contribution in [0.1, 0.15) is 58.5 Å². The van der Waals surface area contributed by atoms with Crippen molar-refractivity contribution in [2.75, 3.05) is 30.4 Å². The Morgan fingerprint density at radius 3 is 2.15 bits per heavy atom. The Bertz CT molecular complexity index is 1940. The molecule has 7 rings (SSSR count). The first-order chi connectivity index (χ1) is 25.0. The van der Waals surface area contributed by atoms with Crippen molar-refractivity contribution < 1.29 is 28.6 Å². The van der Waals surface area contributed by atoms with E-state index in [1.165, 1.54) is 7.11 Å². The number of methoxy groups -OCH3 is 1. The Hall–Kier alpha value is -4.43. The summed E-state index contributed by atoms with van der Waals surface area (Å²) in [6.07, 6.45) is 3.65. The maximum atomic E-state index is 13.6. The minimum Gasteiger partial charge on any atom is -0.453 e. The van der Waals surface area contributed by atoms with Gasteiger partial charge in [0.15, 0.2) is 23.0 Å². The maximum Gasteiger partial charge on any atom is 0.407 e. The van der Waals surface area contributed by atoms with E-state index in [4.69, 9.17) is 19.2 Å². The molecule has 4 atom stereocenters. The number of hydrogen-bond donors (Lipinski definition) is 2. The van der Waals surface area contributed by atoms with Gasteiger partial charge in [-0.25, -0.2) is 9.78 Å². The minimum atomic E-state index is -0.686. The fourth-order valence-electron chi connectivity index (χ4n) is 6.68. The molecule has 0 unspecified atom stereocenters. The zero-order valence-electron chi connectivity index (χ0n) is 30.2. The molecule has 0 bridgehead atoms. The molecule has 0 saturated carbocycles. The maximum absolute atomic E-state index is 13.6. The number of imidazole rings is 1. The Morgan fingerprint density at radius 1 is 0.865 bits per heavy atom. The van der Waals surface area contributed by atoms with Crippen LogP contribution in [0.5, 0.6) is 23.0 Å².